The van der Waals surface area contributed by atoms with Gasteiger partial charge in [0.2, 0.25) is 5.91 Å². The number of hydrogen-bond acceptors (Lipinski definition) is 3. The molecule has 1 aliphatic heterocycles. The summed E-state index contributed by atoms with van der Waals surface area (Å²) in [5.74, 6) is -2.85. The molecule has 1 aromatic heterocycles. The first-order valence-corrected chi connectivity index (χ1v) is 8.02. The van der Waals surface area contributed by atoms with E-state index in [1.165, 1.54) is 6.20 Å². The summed E-state index contributed by atoms with van der Waals surface area (Å²) in [6.45, 7) is 0.404. The monoisotopic (exact) mass is 352 g/mol. The summed E-state index contributed by atoms with van der Waals surface area (Å²) in [4.78, 5) is 20.8. The van der Waals surface area contributed by atoms with Gasteiger partial charge in [0.15, 0.2) is 0 Å². The van der Waals surface area contributed by atoms with Crippen LogP contribution in [0.25, 0.3) is 0 Å². The molecule has 1 amide bonds. The molecule has 8 heteroatoms. The van der Waals surface area contributed by atoms with Crippen molar-refractivity contribution in [3.05, 3.63) is 54.1 Å². The first kappa shape index (κ1) is 17.5. The fourth-order valence-electron chi connectivity index (χ4n) is 3.15. The number of imidazole rings is 1. The summed E-state index contributed by atoms with van der Waals surface area (Å²) in [5.41, 5.74) is 0.931. The molecule has 25 heavy (non-hydrogen) atoms. The molecule has 0 saturated carbocycles. The Labute approximate surface area is 143 Å². The SMILES string of the molecule is O=C(NCc1ncc[nH]1)[C@@H]1CN(Cc2ccccc2)C[C@H]1C(F)(F)F. The third-order valence-electron chi connectivity index (χ3n) is 4.39. The average Bonchev–Trinajstić information content (AvgIpc) is 3.22. The molecule has 2 N–H and O–H groups in total. The van der Waals surface area contributed by atoms with Gasteiger partial charge in [-0.15, -0.1) is 0 Å². The summed E-state index contributed by atoms with van der Waals surface area (Å²) in [6, 6.07) is 9.29. The number of amides is 1. The first-order chi connectivity index (χ1) is 11.9. The molecule has 134 valence electrons. The number of aromatic amines is 1. The number of likely N-dealkylation sites (tertiary alicyclic amines) is 1. The molecule has 0 spiro atoms. The van der Waals surface area contributed by atoms with Gasteiger partial charge in [0.25, 0.3) is 0 Å². The van der Waals surface area contributed by atoms with E-state index in [0.717, 1.165) is 5.56 Å². The highest BCUT2D eigenvalue weighted by atomic mass is 19.4. The van der Waals surface area contributed by atoms with Gasteiger partial charge in [-0.3, -0.25) is 9.69 Å². The smallest absolute Gasteiger partial charge is 0.349 e. The molecular weight excluding hydrogens is 333 g/mol. The number of aromatic nitrogens is 2. The quantitative estimate of drug-likeness (QED) is 0.868. The number of halogens is 3. The highest BCUT2D eigenvalue weighted by Gasteiger charge is 2.52. The molecule has 2 heterocycles. The van der Waals surface area contributed by atoms with Gasteiger partial charge in [0.05, 0.1) is 18.4 Å². The minimum absolute atomic E-state index is 0.0864. The van der Waals surface area contributed by atoms with Crippen LogP contribution in [0.3, 0.4) is 0 Å². The van der Waals surface area contributed by atoms with Crippen LogP contribution < -0.4 is 5.32 Å². The molecule has 0 bridgehead atoms. The Morgan fingerprint density at radius 2 is 2.04 bits per heavy atom. The molecule has 2 atom stereocenters. The number of nitrogens with one attached hydrogen (secondary N) is 2. The van der Waals surface area contributed by atoms with Gasteiger partial charge < -0.3 is 10.3 Å². The Bertz CT molecular complexity index is 688. The van der Waals surface area contributed by atoms with Crippen LogP contribution in [0, 0.1) is 11.8 Å². The van der Waals surface area contributed by atoms with E-state index in [1.54, 1.807) is 11.1 Å². The third kappa shape index (κ3) is 4.39. The van der Waals surface area contributed by atoms with E-state index < -0.39 is 23.9 Å². The van der Waals surface area contributed by atoms with Crippen molar-refractivity contribution in [2.75, 3.05) is 13.1 Å². The highest BCUT2D eigenvalue weighted by molar-refractivity contribution is 5.79. The summed E-state index contributed by atoms with van der Waals surface area (Å²) in [5, 5.41) is 2.55. The number of carbonyl (C=O) groups excluding carboxylic acids is 1. The van der Waals surface area contributed by atoms with Gasteiger partial charge >= 0.3 is 6.18 Å². The van der Waals surface area contributed by atoms with Crippen molar-refractivity contribution in [3.8, 4) is 0 Å². The summed E-state index contributed by atoms with van der Waals surface area (Å²) in [6.07, 6.45) is -1.29. The van der Waals surface area contributed by atoms with Crippen LogP contribution in [-0.2, 0) is 17.9 Å². The normalized spacial score (nSPS) is 21.4. The Morgan fingerprint density at radius 3 is 2.68 bits per heavy atom. The van der Waals surface area contributed by atoms with Crippen LogP contribution in [0.2, 0.25) is 0 Å². The van der Waals surface area contributed by atoms with Gasteiger partial charge in [0.1, 0.15) is 5.82 Å². The second-order valence-electron chi connectivity index (χ2n) is 6.19. The van der Waals surface area contributed by atoms with E-state index in [1.807, 2.05) is 30.3 Å². The molecule has 0 radical (unpaired) electrons. The molecule has 5 nitrogen and oxygen atoms in total. The van der Waals surface area contributed by atoms with Gasteiger partial charge in [-0.2, -0.15) is 13.2 Å². The van der Waals surface area contributed by atoms with E-state index in [4.69, 9.17) is 0 Å². The number of benzene rings is 1. The Balaban J connectivity index is 1.66. The third-order valence-corrected chi connectivity index (χ3v) is 4.39. The lowest BCUT2D eigenvalue weighted by Gasteiger charge is -2.20. The lowest BCUT2D eigenvalue weighted by molar-refractivity contribution is -0.183. The number of H-pyrrole nitrogens is 1. The van der Waals surface area contributed by atoms with E-state index in [2.05, 4.69) is 15.3 Å². The Morgan fingerprint density at radius 1 is 1.28 bits per heavy atom. The molecule has 1 saturated heterocycles. The van der Waals surface area contributed by atoms with Crippen LogP contribution in [0.5, 0.6) is 0 Å². The molecule has 0 aliphatic carbocycles. The van der Waals surface area contributed by atoms with Crippen molar-refractivity contribution in [1.82, 2.24) is 20.2 Å². The number of alkyl halides is 3. The minimum atomic E-state index is -4.40. The summed E-state index contributed by atoms with van der Waals surface area (Å²) < 4.78 is 40.1. The van der Waals surface area contributed by atoms with Gasteiger partial charge in [-0.1, -0.05) is 30.3 Å². The summed E-state index contributed by atoms with van der Waals surface area (Å²) >= 11 is 0. The standard InChI is InChI=1S/C17H19F3N4O/c18-17(19,20)14-11-24(9-12-4-2-1-3-5-12)10-13(14)16(25)23-8-15-21-6-7-22-15/h1-7,13-14H,8-11H2,(H,21,22)(H,23,25)/t13-,14-/m1/s1. The lowest BCUT2D eigenvalue weighted by Crippen LogP contribution is -2.40. The maximum atomic E-state index is 13.4. The predicted molar refractivity (Wildman–Crippen MR) is 85.2 cm³/mol. The topological polar surface area (TPSA) is 61.0 Å². The average molecular weight is 352 g/mol. The molecule has 1 aromatic carbocycles. The number of nitrogens with zero attached hydrogens (tertiary/aromatic N) is 2. The van der Waals surface area contributed by atoms with Crippen molar-refractivity contribution in [2.45, 2.75) is 19.3 Å². The van der Waals surface area contributed by atoms with Crippen molar-refractivity contribution >= 4 is 5.91 Å². The predicted octanol–water partition coefficient (Wildman–Crippen LogP) is 2.34. The molecule has 3 rings (SSSR count). The van der Waals surface area contributed by atoms with Crippen LogP contribution >= 0.6 is 0 Å². The fourth-order valence-corrected chi connectivity index (χ4v) is 3.15. The van der Waals surface area contributed by atoms with Crippen molar-refractivity contribution in [3.63, 3.8) is 0 Å². The van der Waals surface area contributed by atoms with Crippen molar-refractivity contribution in [2.24, 2.45) is 11.8 Å². The zero-order valence-corrected chi connectivity index (χ0v) is 13.5. The molecule has 1 fully saturated rings. The van der Waals surface area contributed by atoms with E-state index in [-0.39, 0.29) is 19.6 Å². The van der Waals surface area contributed by atoms with E-state index in [0.29, 0.717) is 12.4 Å². The van der Waals surface area contributed by atoms with Crippen LogP contribution in [-0.4, -0.2) is 40.0 Å². The van der Waals surface area contributed by atoms with Gasteiger partial charge in [-0.25, -0.2) is 4.98 Å². The van der Waals surface area contributed by atoms with E-state index >= 15 is 0 Å². The van der Waals surface area contributed by atoms with Crippen molar-refractivity contribution < 1.29 is 18.0 Å². The largest absolute Gasteiger partial charge is 0.393 e. The highest BCUT2D eigenvalue weighted by Crippen LogP contribution is 2.38. The van der Waals surface area contributed by atoms with Crippen LogP contribution in [0.15, 0.2) is 42.7 Å². The second kappa shape index (κ2) is 7.26. The lowest BCUT2D eigenvalue weighted by atomic mass is 9.94. The Kier molecular flexibility index (Phi) is 5.08. The van der Waals surface area contributed by atoms with Gasteiger partial charge in [0, 0.05) is 32.0 Å². The summed E-state index contributed by atoms with van der Waals surface area (Å²) in [7, 11) is 0. The zero-order chi connectivity index (χ0) is 17.9. The maximum Gasteiger partial charge on any atom is 0.393 e. The van der Waals surface area contributed by atoms with E-state index in [9.17, 15) is 18.0 Å². The van der Waals surface area contributed by atoms with Crippen molar-refractivity contribution in [1.29, 1.82) is 0 Å². The minimum Gasteiger partial charge on any atom is -0.349 e. The molecule has 1 aliphatic rings. The second-order valence-corrected chi connectivity index (χ2v) is 6.19. The van der Waals surface area contributed by atoms with Crippen LogP contribution in [0.1, 0.15) is 11.4 Å². The van der Waals surface area contributed by atoms with Gasteiger partial charge in [-0.05, 0) is 5.56 Å². The number of rotatable bonds is 5. The number of hydrogen-bond donors (Lipinski definition) is 2. The Hall–Kier alpha value is -2.35. The molecule has 0 unspecified atom stereocenters. The zero-order valence-electron chi connectivity index (χ0n) is 13.5. The molecule has 2 aromatic rings. The van der Waals surface area contributed by atoms with Crippen LogP contribution in [0.4, 0.5) is 13.2 Å². The first-order valence-electron chi connectivity index (χ1n) is 8.02. The molecular formula is C17H19F3N4O. The number of carbonyl (C=O) groups is 1. The fraction of sp³-hybridized carbons (Fsp3) is 0.412. The maximum absolute atomic E-state index is 13.4.